The third-order valence-electron chi connectivity index (χ3n) is 23.6. The number of carbonyl (C=O) groups excluding carboxylic acids is 5. The molecule has 24 unspecified atom stereocenters. The summed E-state index contributed by atoms with van der Waals surface area (Å²) in [6.07, 6.45) is -9.74. The van der Waals surface area contributed by atoms with Crippen LogP contribution in [-0.4, -0.2) is 102 Å². The number of fused-ring (bicyclic) bond motifs is 26. The Balaban J connectivity index is 0.000000206. The molecule has 0 N–H and O–H groups in total. The summed E-state index contributed by atoms with van der Waals surface area (Å²) in [7, 11) is 0. The number of nitrogens with zero attached hydrogens (tertiary/aromatic N) is 2. The Kier molecular flexibility index (Phi) is 15.3. The van der Waals surface area contributed by atoms with E-state index in [1.54, 1.807) is 0 Å². The van der Waals surface area contributed by atoms with Crippen molar-refractivity contribution in [3.63, 3.8) is 0 Å². The van der Waals surface area contributed by atoms with E-state index in [1.807, 2.05) is 13.8 Å². The van der Waals surface area contributed by atoms with Crippen molar-refractivity contribution in [2.45, 2.75) is 149 Å². The van der Waals surface area contributed by atoms with Gasteiger partial charge in [-0.25, -0.2) is 0 Å². The number of Topliss-reactive ketones (excluding diaryl/α,β-unsaturated/α-hetero) is 1. The molecule has 478 valence electrons. The third kappa shape index (κ3) is 7.92. The van der Waals surface area contributed by atoms with Gasteiger partial charge in [0.2, 0.25) is 0 Å². The molecule has 12 aliphatic rings. The number of carbonyl (C=O) groups is 5. The molecule has 2 saturated heterocycles. The standard InChI is InChI=1S/C26H35NO6S.C24H20F17NO5S.2CH4/c1-11-12(2)15-8-14(11)19-16-9-17(20(15)19)22-21(16)23(29)27(24(22)30)33-34(31)32-10-26-6-5-13(7-18(26)28)25(26,3)4;1-5-6(2)8-3-7(5)11-9-4-10(12(8)11)14-13(9)15(43)42(16(14)44)47-48(45)46-24(40,41)22(35,36)20(31,32)18(27,28)17(25,26)19(29,30)21(33,34)23(37,38)39;;/h11-17,19-22H,5-10H2,1-4H3;5-14H,3-4H2,1-2H3;2*1H4. The fourth-order valence-electron chi connectivity index (χ4n) is 19.5. The van der Waals surface area contributed by atoms with Gasteiger partial charge in [0.15, 0.2) is 0 Å². The molecule has 13 nitrogen and oxygen atoms in total. The Morgan fingerprint density at radius 2 is 0.786 bits per heavy atom. The van der Waals surface area contributed by atoms with Crippen LogP contribution in [0.3, 0.4) is 0 Å². The fourth-order valence-corrected chi connectivity index (χ4v) is 20.6. The maximum absolute atomic E-state index is 14.1. The summed E-state index contributed by atoms with van der Waals surface area (Å²) >= 11 is -7.05. The Bertz CT molecular complexity index is 2720. The van der Waals surface area contributed by atoms with E-state index in [4.69, 9.17) is 8.47 Å². The van der Waals surface area contributed by atoms with Crippen LogP contribution in [0.15, 0.2) is 0 Å². The quantitative estimate of drug-likeness (QED) is 0.0871. The molecule has 2 heterocycles. The number of hydrogen-bond acceptors (Lipinski definition) is 11. The van der Waals surface area contributed by atoms with Gasteiger partial charge in [0.05, 0.1) is 35.7 Å². The summed E-state index contributed by atoms with van der Waals surface area (Å²) in [5, 5.41) is 0.284. The fraction of sp³-hybridized carbons (Fsp3) is 0.904. The van der Waals surface area contributed by atoms with E-state index in [0.29, 0.717) is 54.3 Å². The van der Waals surface area contributed by atoms with Crippen molar-refractivity contribution >= 4 is 52.1 Å². The highest BCUT2D eigenvalue weighted by Gasteiger charge is 2.96. The lowest BCUT2D eigenvalue weighted by Gasteiger charge is -2.43. The minimum Gasteiger partial charge on any atom is -0.299 e. The summed E-state index contributed by atoms with van der Waals surface area (Å²) in [6.45, 7) is 12.9. The highest BCUT2D eigenvalue weighted by Crippen LogP contribution is 2.76. The maximum Gasteiger partial charge on any atom is 0.460 e. The van der Waals surface area contributed by atoms with Crippen LogP contribution in [-0.2, 0) is 63.6 Å². The lowest BCUT2D eigenvalue weighted by molar-refractivity contribution is -0.471. The summed E-state index contributed by atoms with van der Waals surface area (Å²) in [6, 6.07) is 0. The van der Waals surface area contributed by atoms with Crippen molar-refractivity contribution in [2.24, 2.45) is 135 Å². The molecule has 32 heteroatoms. The van der Waals surface area contributed by atoms with Crippen LogP contribution < -0.4 is 0 Å². The first-order valence-electron chi connectivity index (χ1n) is 27.0. The van der Waals surface area contributed by atoms with Crippen molar-refractivity contribution in [1.82, 2.24) is 10.1 Å². The second kappa shape index (κ2) is 19.7. The van der Waals surface area contributed by atoms with E-state index in [9.17, 15) is 107 Å². The molecule has 12 rings (SSSR count). The SMILES string of the molecule is C.C.CC1C(C)C2CC1C1C3CC(C4C(=O)N(OS(=O)OC(F)(F)C(F)(F)C(F)(F)C(F)(F)C(F)(F)C(F)(F)C(F)(F)C(F)(F)F)C(=O)C34)C21.CC1C(C)C2CC1C1C3CC(C4C(=O)N(OS(=O)OCC56CCC(CC5=O)C6(C)C)C(=O)C34)C21. The van der Waals surface area contributed by atoms with Crippen molar-refractivity contribution in [2.75, 3.05) is 6.61 Å². The molecule has 24 atom stereocenters. The van der Waals surface area contributed by atoms with Gasteiger partial charge in [-0.05, 0) is 145 Å². The Hall–Kier alpha value is -3.10. The largest absolute Gasteiger partial charge is 0.460 e. The molecular weight excluding hydrogens is 1220 g/mol. The van der Waals surface area contributed by atoms with E-state index >= 15 is 0 Å². The van der Waals surface area contributed by atoms with Gasteiger partial charge in [-0.15, -0.1) is 18.7 Å². The molecule has 0 aromatic carbocycles. The zero-order chi connectivity index (χ0) is 60.8. The summed E-state index contributed by atoms with van der Waals surface area (Å²) in [5.41, 5.74) is -0.870. The number of hydroxylamine groups is 4. The molecule has 10 saturated carbocycles. The zero-order valence-electron chi connectivity index (χ0n) is 43.9. The average Bonchev–Trinajstić information content (AvgIpc) is 1.34. The number of imide groups is 2. The number of amides is 4. The second-order valence-corrected chi connectivity index (χ2v) is 27.6. The number of alkyl halides is 17. The lowest BCUT2D eigenvalue weighted by Crippen LogP contribution is -2.74. The molecule has 0 aromatic rings. The zero-order valence-corrected chi connectivity index (χ0v) is 45.5. The number of rotatable bonds is 15. The van der Waals surface area contributed by atoms with Crippen LogP contribution in [0.4, 0.5) is 74.6 Å². The lowest BCUT2D eigenvalue weighted by atomic mass is 9.60. The molecule has 2 aliphatic heterocycles. The van der Waals surface area contributed by atoms with Gasteiger partial charge in [0.25, 0.3) is 23.6 Å². The predicted molar refractivity (Wildman–Crippen MR) is 253 cm³/mol. The molecule has 0 aromatic heterocycles. The van der Waals surface area contributed by atoms with Crippen LogP contribution in [0, 0.1) is 135 Å². The molecule has 10 aliphatic carbocycles. The topological polar surface area (TPSA) is 163 Å². The van der Waals surface area contributed by atoms with Crippen molar-refractivity contribution in [1.29, 1.82) is 0 Å². The highest BCUT2D eigenvalue weighted by molar-refractivity contribution is 7.75. The molecule has 84 heavy (non-hydrogen) atoms. The van der Waals surface area contributed by atoms with Crippen LogP contribution >= 0.6 is 0 Å². The minimum atomic E-state index is -8.86. The normalized spacial score (nSPS) is 43.0. The summed E-state index contributed by atoms with van der Waals surface area (Å²) < 4.78 is 271. The van der Waals surface area contributed by atoms with Crippen LogP contribution in [0.25, 0.3) is 0 Å². The number of ketones is 1. The smallest absolute Gasteiger partial charge is 0.299 e. The van der Waals surface area contributed by atoms with E-state index in [1.165, 1.54) is 6.42 Å². The van der Waals surface area contributed by atoms with Crippen molar-refractivity contribution in [3.8, 4) is 0 Å². The van der Waals surface area contributed by atoms with E-state index in [2.05, 4.69) is 36.2 Å². The molecule has 4 amide bonds. The first kappa shape index (κ1) is 65.3. The maximum atomic E-state index is 14.1. The Morgan fingerprint density at radius 3 is 1.10 bits per heavy atom. The van der Waals surface area contributed by atoms with E-state index in [0.717, 1.165) is 30.7 Å². The van der Waals surface area contributed by atoms with Crippen molar-refractivity contribution in [3.05, 3.63) is 0 Å². The summed E-state index contributed by atoms with van der Waals surface area (Å²) in [4.78, 5) is 65.4. The summed E-state index contributed by atoms with van der Waals surface area (Å²) in [5.74, 6) is -53.6. The van der Waals surface area contributed by atoms with Gasteiger partial charge in [0, 0.05) is 6.42 Å². The van der Waals surface area contributed by atoms with Gasteiger partial charge in [-0.3, -0.25) is 28.2 Å². The van der Waals surface area contributed by atoms with Gasteiger partial charge in [-0.2, -0.15) is 87.2 Å². The minimum absolute atomic E-state index is 0. The molecule has 12 fully saturated rings. The first-order valence-corrected chi connectivity index (χ1v) is 29.0. The number of hydrogen-bond donors (Lipinski definition) is 0. The van der Waals surface area contributed by atoms with Crippen LogP contribution in [0.2, 0.25) is 0 Å². The Labute approximate surface area is 475 Å². The average molecular weight is 1280 g/mol. The molecule has 0 radical (unpaired) electrons. The molecular formula is C52H63F17N2O11S2. The van der Waals surface area contributed by atoms with Crippen LogP contribution in [0.5, 0.6) is 0 Å². The van der Waals surface area contributed by atoms with Gasteiger partial charge in [-0.1, -0.05) is 56.4 Å². The number of halogens is 17. The first-order chi connectivity index (χ1) is 37.4. The monoisotopic (exact) mass is 1280 g/mol. The van der Waals surface area contributed by atoms with Gasteiger partial charge in [0.1, 0.15) is 5.78 Å². The third-order valence-corrected chi connectivity index (χ3v) is 24.8. The van der Waals surface area contributed by atoms with Gasteiger partial charge >= 0.3 is 70.5 Å². The molecule has 10 bridgehead atoms. The van der Waals surface area contributed by atoms with E-state index in [-0.39, 0.29) is 104 Å². The Morgan fingerprint density at radius 1 is 0.476 bits per heavy atom. The van der Waals surface area contributed by atoms with E-state index < -0.39 is 117 Å². The van der Waals surface area contributed by atoms with Crippen LogP contribution in [0.1, 0.15) is 101 Å². The van der Waals surface area contributed by atoms with Crippen molar-refractivity contribution < 1.29 is 124 Å². The predicted octanol–water partition coefficient (Wildman–Crippen LogP) is 11.5. The second-order valence-electron chi connectivity index (χ2n) is 26.1. The highest BCUT2D eigenvalue weighted by atomic mass is 32.2. The molecule has 0 spiro atoms. The van der Waals surface area contributed by atoms with Gasteiger partial charge < -0.3 is 0 Å².